The molecule has 0 N–H and O–H groups in total. The van der Waals surface area contributed by atoms with Gasteiger partial charge in [0.25, 0.3) is 0 Å². The lowest BCUT2D eigenvalue weighted by atomic mass is 10.0. The molecule has 6 nitrogen and oxygen atoms in total. The van der Waals surface area contributed by atoms with Crippen LogP contribution in [0.5, 0.6) is 0 Å². The summed E-state index contributed by atoms with van der Waals surface area (Å²) in [5, 5.41) is 0. The van der Waals surface area contributed by atoms with E-state index in [0.29, 0.717) is 19.3 Å². The molecule has 0 radical (unpaired) electrons. The lowest BCUT2D eigenvalue weighted by molar-refractivity contribution is -0.167. The van der Waals surface area contributed by atoms with E-state index in [2.05, 4.69) is 34.6 Å². The molecule has 6 heteroatoms. The fourth-order valence-electron chi connectivity index (χ4n) is 9.58. The zero-order chi connectivity index (χ0) is 49.6. The van der Waals surface area contributed by atoms with E-state index < -0.39 is 6.10 Å². The number of carbonyl (C=O) groups excluding carboxylic acids is 3. The summed E-state index contributed by atoms with van der Waals surface area (Å²) in [6, 6.07) is 0. The van der Waals surface area contributed by atoms with Crippen LogP contribution in [0.4, 0.5) is 0 Å². The summed E-state index contributed by atoms with van der Waals surface area (Å²) in [6.45, 7) is 11.4. The Kier molecular flexibility index (Phi) is 53.5. The SMILES string of the molecule is CCCCCCCCCCCCCCCCCCCC(=O)OC[C@H](COC(=O)CCCCCCCCCCCC(C)C)OC(=O)CCCCCCCCCCCCCCCCCCCCC(C)C. The first-order valence-electron chi connectivity index (χ1n) is 30.7. The Morgan fingerprint density at radius 2 is 0.485 bits per heavy atom. The Balaban J connectivity index is 4.25. The molecule has 0 unspecified atom stereocenters. The first-order valence-corrected chi connectivity index (χ1v) is 30.7. The smallest absolute Gasteiger partial charge is 0.306 e. The average Bonchev–Trinajstić information content (AvgIpc) is 3.31. The van der Waals surface area contributed by atoms with Crippen molar-refractivity contribution in [3.05, 3.63) is 0 Å². The lowest BCUT2D eigenvalue weighted by Crippen LogP contribution is -2.30. The number of carbonyl (C=O) groups is 3. The summed E-state index contributed by atoms with van der Waals surface area (Å²) in [7, 11) is 0. The maximum absolute atomic E-state index is 12.9. The molecule has 0 heterocycles. The molecular formula is C62H120O6. The van der Waals surface area contributed by atoms with E-state index in [1.165, 1.54) is 238 Å². The fraction of sp³-hybridized carbons (Fsp3) is 0.952. The number of ether oxygens (including phenoxy) is 3. The Morgan fingerprint density at radius 3 is 0.721 bits per heavy atom. The van der Waals surface area contributed by atoms with E-state index in [4.69, 9.17) is 14.2 Å². The van der Waals surface area contributed by atoms with E-state index in [1.807, 2.05) is 0 Å². The summed E-state index contributed by atoms with van der Waals surface area (Å²) in [5.74, 6) is 0.830. The minimum absolute atomic E-state index is 0.0624. The molecule has 0 aliphatic heterocycles. The van der Waals surface area contributed by atoms with Crippen LogP contribution >= 0.6 is 0 Å². The van der Waals surface area contributed by atoms with Gasteiger partial charge in [-0.1, -0.05) is 311 Å². The highest BCUT2D eigenvalue weighted by molar-refractivity contribution is 5.71. The topological polar surface area (TPSA) is 78.9 Å². The lowest BCUT2D eigenvalue weighted by Gasteiger charge is -2.18. The molecule has 0 saturated heterocycles. The van der Waals surface area contributed by atoms with Gasteiger partial charge in [0, 0.05) is 19.3 Å². The molecule has 0 aromatic rings. The van der Waals surface area contributed by atoms with Gasteiger partial charge in [-0.25, -0.2) is 0 Å². The van der Waals surface area contributed by atoms with Gasteiger partial charge in [-0.15, -0.1) is 0 Å². The van der Waals surface area contributed by atoms with Crippen molar-refractivity contribution >= 4 is 17.9 Å². The van der Waals surface area contributed by atoms with Gasteiger partial charge in [-0.2, -0.15) is 0 Å². The van der Waals surface area contributed by atoms with Crippen molar-refractivity contribution < 1.29 is 28.6 Å². The van der Waals surface area contributed by atoms with Gasteiger partial charge in [0.1, 0.15) is 13.2 Å². The zero-order valence-electron chi connectivity index (χ0n) is 46.7. The number of unbranched alkanes of at least 4 members (excludes halogenated alkanes) is 41. The Bertz CT molecular complexity index is 1040. The summed E-state index contributed by atoms with van der Waals surface area (Å²) < 4.78 is 16.9. The van der Waals surface area contributed by atoms with Crippen molar-refractivity contribution in [1.82, 2.24) is 0 Å². The van der Waals surface area contributed by atoms with Crippen LogP contribution in [0, 0.1) is 11.8 Å². The number of esters is 3. The van der Waals surface area contributed by atoms with Crippen molar-refractivity contribution in [2.24, 2.45) is 11.8 Å². The standard InChI is InChI=1S/C62H120O6/c1-6-7-8-9-10-11-12-13-14-17-21-24-27-32-37-42-47-52-60(63)66-55-59(56-67-61(64)53-48-43-38-34-29-31-36-41-46-51-58(4)5)68-62(65)54-49-44-39-33-28-25-22-19-16-15-18-20-23-26-30-35-40-45-50-57(2)3/h57-59H,6-56H2,1-5H3/t59-/m1/s1. The van der Waals surface area contributed by atoms with Crippen molar-refractivity contribution in [3.8, 4) is 0 Å². The molecule has 0 spiro atoms. The maximum atomic E-state index is 12.9. The minimum atomic E-state index is -0.763. The van der Waals surface area contributed by atoms with E-state index in [9.17, 15) is 14.4 Å². The van der Waals surface area contributed by atoms with Crippen LogP contribution in [0.2, 0.25) is 0 Å². The second-order valence-electron chi connectivity index (χ2n) is 22.3. The molecule has 0 bridgehead atoms. The molecule has 0 aliphatic carbocycles. The highest BCUT2D eigenvalue weighted by Crippen LogP contribution is 2.19. The van der Waals surface area contributed by atoms with E-state index in [-0.39, 0.29) is 31.1 Å². The third kappa shape index (κ3) is 55.3. The van der Waals surface area contributed by atoms with Crippen LogP contribution in [0.3, 0.4) is 0 Å². The number of hydrogen-bond acceptors (Lipinski definition) is 6. The fourth-order valence-corrected chi connectivity index (χ4v) is 9.58. The summed E-state index contributed by atoms with van der Waals surface area (Å²) >= 11 is 0. The largest absolute Gasteiger partial charge is 0.462 e. The normalized spacial score (nSPS) is 12.0. The quantitative estimate of drug-likeness (QED) is 0.0343. The maximum Gasteiger partial charge on any atom is 0.306 e. The van der Waals surface area contributed by atoms with Crippen LogP contribution in [0.25, 0.3) is 0 Å². The molecule has 0 aliphatic rings. The predicted octanol–water partition coefficient (Wildman–Crippen LogP) is 20.4. The van der Waals surface area contributed by atoms with Gasteiger partial charge >= 0.3 is 17.9 Å². The van der Waals surface area contributed by atoms with Crippen molar-refractivity contribution in [2.75, 3.05) is 13.2 Å². The third-order valence-corrected chi connectivity index (χ3v) is 14.2. The van der Waals surface area contributed by atoms with Crippen LogP contribution < -0.4 is 0 Å². The van der Waals surface area contributed by atoms with Gasteiger partial charge in [-0.3, -0.25) is 14.4 Å². The second kappa shape index (κ2) is 54.7. The molecule has 68 heavy (non-hydrogen) atoms. The van der Waals surface area contributed by atoms with E-state index in [0.717, 1.165) is 69.6 Å². The Morgan fingerprint density at radius 1 is 0.279 bits per heavy atom. The first kappa shape index (κ1) is 66.4. The van der Waals surface area contributed by atoms with Gasteiger partial charge in [0.05, 0.1) is 0 Å². The second-order valence-corrected chi connectivity index (χ2v) is 22.3. The van der Waals surface area contributed by atoms with Crippen LogP contribution in [-0.4, -0.2) is 37.2 Å². The van der Waals surface area contributed by atoms with Gasteiger partial charge in [0.2, 0.25) is 0 Å². The van der Waals surface area contributed by atoms with E-state index >= 15 is 0 Å². The monoisotopic (exact) mass is 961 g/mol. The molecule has 0 rings (SSSR count). The number of rotatable bonds is 56. The Labute approximate surface area is 425 Å². The van der Waals surface area contributed by atoms with Crippen LogP contribution in [0.15, 0.2) is 0 Å². The van der Waals surface area contributed by atoms with Crippen LogP contribution in [-0.2, 0) is 28.6 Å². The highest BCUT2D eigenvalue weighted by Gasteiger charge is 2.19. The van der Waals surface area contributed by atoms with Gasteiger partial charge < -0.3 is 14.2 Å². The predicted molar refractivity (Wildman–Crippen MR) is 293 cm³/mol. The molecule has 0 aromatic heterocycles. The van der Waals surface area contributed by atoms with Crippen molar-refractivity contribution in [3.63, 3.8) is 0 Å². The van der Waals surface area contributed by atoms with Gasteiger partial charge in [0.15, 0.2) is 6.10 Å². The average molecular weight is 962 g/mol. The summed E-state index contributed by atoms with van der Waals surface area (Å²) in [5.41, 5.74) is 0. The molecule has 404 valence electrons. The van der Waals surface area contributed by atoms with Crippen LogP contribution in [0.1, 0.15) is 349 Å². The third-order valence-electron chi connectivity index (χ3n) is 14.2. The molecular weight excluding hydrogens is 841 g/mol. The highest BCUT2D eigenvalue weighted by atomic mass is 16.6. The molecule has 0 fully saturated rings. The molecule has 0 amide bonds. The summed E-state index contributed by atoms with van der Waals surface area (Å²) in [4.78, 5) is 38.2. The minimum Gasteiger partial charge on any atom is -0.462 e. The van der Waals surface area contributed by atoms with Crippen molar-refractivity contribution in [1.29, 1.82) is 0 Å². The number of hydrogen-bond donors (Lipinski definition) is 0. The Hall–Kier alpha value is -1.59. The van der Waals surface area contributed by atoms with Crippen molar-refractivity contribution in [2.45, 2.75) is 355 Å². The molecule has 1 atom stereocenters. The zero-order valence-corrected chi connectivity index (χ0v) is 46.7. The van der Waals surface area contributed by atoms with E-state index in [1.54, 1.807) is 0 Å². The van der Waals surface area contributed by atoms with Gasteiger partial charge in [-0.05, 0) is 31.1 Å². The summed E-state index contributed by atoms with van der Waals surface area (Å²) in [6.07, 6.45) is 59.6. The first-order chi connectivity index (χ1) is 33.2. The molecule has 0 saturated carbocycles. The molecule has 0 aromatic carbocycles.